The van der Waals surface area contributed by atoms with E-state index in [1.807, 2.05) is 0 Å². The number of aromatic nitrogens is 2. The summed E-state index contributed by atoms with van der Waals surface area (Å²) in [7, 11) is -0.749. The molecule has 5 heteroatoms. The van der Waals surface area contributed by atoms with Gasteiger partial charge in [-0.1, -0.05) is 6.07 Å². The van der Waals surface area contributed by atoms with Crippen LogP contribution in [0.15, 0.2) is 18.2 Å². The molecule has 0 radical (unpaired) electrons. The van der Waals surface area contributed by atoms with Crippen molar-refractivity contribution in [2.24, 2.45) is 0 Å². The fourth-order valence-electron chi connectivity index (χ4n) is 2.15. The Morgan fingerprint density at radius 2 is 2.22 bits per heavy atom. The lowest BCUT2D eigenvalue weighted by Crippen LogP contribution is -2.09. The second kappa shape index (κ2) is 5.36. The van der Waals surface area contributed by atoms with Gasteiger partial charge in [-0.3, -0.25) is 4.21 Å². The zero-order valence-electron chi connectivity index (χ0n) is 10.9. The minimum Gasteiger partial charge on any atom is -0.331 e. The highest BCUT2D eigenvalue weighted by Crippen LogP contribution is 2.22. The Bertz CT molecular complexity index is 642. The molecule has 0 fully saturated rings. The molecule has 0 saturated heterocycles. The van der Waals surface area contributed by atoms with Gasteiger partial charge in [-0.05, 0) is 50.2 Å². The lowest BCUT2D eigenvalue weighted by atomic mass is 10.2. The predicted octanol–water partition coefficient (Wildman–Crippen LogP) is 3.34. The molecule has 0 aliphatic carbocycles. The van der Waals surface area contributed by atoms with Crippen LogP contribution in [-0.2, 0) is 10.8 Å². The molecule has 1 aromatic carbocycles. The molecular formula is C13H18N2OS2. The van der Waals surface area contributed by atoms with E-state index in [4.69, 9.17) is 12.2 Å². The molecule has 2 unspecified atom stereocenters. The fourth-order valence-corrected chi connectivity index (χ4v) is 3.21. The second-order valence-corrected chi connectivity index (χ2v) is 6.68. The first-order chi connectivity index (χ1) is 8.49. The zero-order chi connectivity index (χ0) is 13.3. The lowest BCUT2D eigenvalue weighted by molar-refractivity contribution is 0.539. The van der Waals surface area contributed by atoms with E-state index >= 15 is 0 Å². The molecule has 2 atom stereocenters. The molecule has 0 aliphatic rings. The molecule has 0 saturated carbocycles. The maximum absolute atomic E-state index is 11.2. The van der Waals surface area contributed by atoms with Gasteiger partial charge in [-0.15, -0.1) is 0 Å². The highest BCUT2D eigenvalue weighted by atomic mass is 32.2. The first kappa shape index (κ1) is 13.5. The maximum atomic E-state index is 11.2. The molecule has 1 aromatic heterocycles. The Balaban J connectivity index is 2.41. The number of imidazole rings is 1. The number of benzene rings is 1. The number of aryl methyl sites for hydroxylation is 1. The van der Waals surface area contributed by atoms with E-state index in [9.17, 15) is 4.21 Å². The van der Waals surface area contributed by atoms with E-state index in [-0.39, 0.29) is 6.04 Å². The predicted molar refractivity (Wildman–Crippen MR) is 80.1 cm³/mol. The maximum Gasteiger partial charge on any atom is 0.178 e. The number of nitrogens with zero attached hydrogens (tertiary/aromatic N) is 1. The van der Waals surface area contributed by atoms with Crippen molar-refractivity contribution < 1.29 is 4.21 Å². The lowest BCUT2D eigenvalue weighted by Gasteiger charge is -2.13. The van der Waals surface area contributed by atoms with Crippen LogP contribution in [0.5, 0.6) is 0 Å². The quantitative estimate of drug-likeness (QED) is 0.873. The Kier molecular flexibility index (Phi) is 4.02. The van der Waals surface area contributed by atoms with Crippen LogP contribution in [0, 0.1) is 11.7 Å². The summed E-state index contributed by atoms with van der Waals surface area (Å²) < 4.78 is 14.0. The van der Waals surface area contributed by atoms with Crippen LogP contribution in [0.2, 0.25) is 0 Å². The standard InChI is InChI=1S/C13H18N2OS2/c1-9-4-5-12-11(8-9)14-13(17)15(12)10(2)6-7-18(3)16/h4-5,8,10H,6-7H2,1-3H3,(H,14,17). The van der Waals surface area contributed by atoms with Gasteiger partial charge in [-0.2, -0.15) is 0 Å². The third-order valence-electron chi connectivity index (χ3n) is 3.14. The average molecular weight is 282 g/mol. The number of rotatable bonds is 4. The number of H-pyrrole nitrogens is 1. The average Bonchev–Trinajstić information content (AvgIpc) is 2.61. The number of fused-ring (bicyclic) bond motifs is 1. The number of aromatic amines is 1. The molecule has 0 bridgehead atoms. The second-order valence-electron chi connectivity index (χ2n) is 4.74. The van der Waals surface area contributed by atoms with E-state index in [1.54, 1.807) is 6.26 Å². The van der Waals surface area contributed by atoms with Crippen LogP contribution in [0.25, 0.3) is 11.0 Å². The van der Waals surface area contributed by atoms with Crippen molar-refractivity contribution >= 4 is 34.1 Å². The monoisotopic (exact) mass is 282 g/mol. The molecule has 0 aliphatic heterocycles. The summed E-state index contributed by atoms with van der Waals surface area (Å²) >= 11 is 5.38. The number of hydrogen-bond acceptors (Lipinski definition) is 2. The van der Waals surface area contributed by atoms with Crippen molar-refractivity contribution in [3.8, 4) is 0 Å². The SMILES string of the molecule is Cc1ccc2c(c1)[nH]c(=S)n2C(C)CCS(C)=O. The van der Waals surface area contributed by atoms with E-state index in [0.29, 0.717) is 5.75 Å². The van der Waals surface area contributed by atoms with Gasteiger partial charge < -0.3 is 9.55 Å². The van der Waals surface area contributed by atoms with Crippen molar-refractivity contribution in [1.82, 2.24) is 9.55 Å². The topological polar surface area (TPSA) is 37.8 Å². The van der Waals surface area contributed by atoms with Crippen LogP contribution in [0.4, 0.5) is 0 Å². The first-order valence-electron chi connectivity index (χ1n) is 6.00. The molecule has 2 aromatic rings. The molecule has 0 amide bonds. The third kappa shape index (κ3) is 2.72. The van der Waals surface area contributed by atoms with Crippen LogP contribution in [-0.4, -0.2) is 25.8 Å². The molecule has 1 N–H and O–H groups in total. The van der Waals surface area contributed by atoms with Crippen LogP contribution in [0.1, 0.15) is 24.9 Å². The van der Waals surface area contributed by atoms with E-state index in [1.165, 1.54) is 5.56 Å². The highest BCUT2D eigenvalue weighted by molar-refractivity contribution is 7.84. The number of nitrogens with one attached hydrogen (secondary N) is 1. The summed E-state index contributed by atoms with van der Waals surface area (Å²) in [5.74, 6) is 0.710. The van der Waals surface area contributed by atoms with E-state index in [0.717, 1.165) is 22.2 Å². The molecule has 0 spiro atoms. The summed E-state index contributed by atoms with van der Waals surface area (Å²) in [6, 6.07) is 6.55. The van der Waals surface area contributed by atoms with Crippen molar-refractivity contribution in [1.29, 1.82) is 0 Å². The molecule has 2 rings (SSSR count). The van der Waals surface area contributed by atoms with Crippen molar-refractivity contribution in [3.05, 3.63) is 28.5 Å². The molecule has 18 heavy (non-hydrogen) atoms. The highest BCUT2D eigenvalue weighted by Gasteiger charge is 2.11. The van der Waals surface area contributed by atoms with Crippen molar-refractivity contribution in [2.75, 3.05) is 12.0 Å². The summed E-state index contributed by atoms with van der Waals surface area (Å²) in [5, 5.41) is 0. The summed E-state index contributed by atoms with van der Waals surface area (Å²) in [6.07, 6.45) is 2.61. The molecule has 98 valence electrons. The van der Waals surface area contributed by atoms with E-state index in [2.05, 4.69) is 41.6 Å². The first-order valence-corrected chi connectivity index (χ1v) is 8.13. The number of hydrogen-bond donors (Lipinski definition) is 1. The van der Waals surface area contributed by atoms with Gasteiger partial charge in [0.2, 0.25) is 0 Å². The third-order valence-corrected chi connectivity index (χ3v) is 4.25. The minimum absolute atomic E-state index is 0.262. The van der Waals surface area contributed by atoms with Gasteiger partial charge in [0.1, 0.15) is 0 Å². The summed E-state index contributed by atoms with van der Waals surface area (Å²) in [6.45, 7) is 4.19. The summed E-state index contributed by atoms with van der Waals surface area (Å²) in [4.78, 5) is 3.24. The Morgan fingerprint density at radius 1 is 1.50 bits per heavy atom. The Morgan fingerprint density at radius 3 is 2.89 bits per heavy atom. The summed E-state index contributed by atoms with van der Waals surface area (Å²) in [5.41, 5.74) is 3.41. The van der Waals surface area contributed by atoms with Gasteiger partial charge in [0.05, 0.1) is 11.0 Å². The van der Waals surface area contributed by atoms with Crippen molar-refractivity contribution in [2.45, 2.75) is 26.3 Å². The Hall–Kier alpha value is -0.940. The van der Waals surface area contributed by atoms with Crippen molar-refractivity contribution in [3.63, 3.8) is 0 Å². The normalized spacial score (nSPS) is 14.8. The van der Waals surface area contributed by atoms with Crippen LogP contribution >= 0.6 is 12.2 Å². The Labute approximate surface area is 115 Å². The fraction of sp³-hybridized carbons (Fsp3) is 0.462. The van der Waals surface area contributed by atoms with Gasteiger partial charge in [0.25, 0.3) is 0 Å². The molecule has 1 heterocycles. The van der Waals surface area contributed by atoms with Gasteiger partial charge in [0.15, 0.2) is 4.77 Å². The van der Waals surface area contributed by atoms with E-state index < -0.39 is 10.8 Å². The van der Waals surface area contributed by atoms with Gasteiger partial charge >= 0.3 is 0 Å². The van der Waals surface area contributed by atoms with Gasteiger partial charge in [-0.25, -0.2) is 0 Å². The molecular weight excluding hydrogens is 264 g/mol. The van der Waals surface area contributed by atoms with Crippen LogP contribution in [0.3, 0.4) is 0 Å². The van der Waals surface area contributed by atoms with Gasteiger partial charge in [0, 0.05) is 28.9 Å². The largest absolute Gasteiger partial charge is 0.331 e. The molecule has 3 nitrogen and oxygen atoms in total. The smallest absolute Gasteiger partial charge is 0.178 e. The zero-order valence-corrected chi connectivity index (χ0v) is 12.5. The minimum atomic E-state index is -0.749. The van der Waals surface area contributed by atoms with Crippen LogP contribution < -0.4 is 0 Å².